The Labute approximate surface area is 167 Å². The lowest BCUT2D eigenvalue weighted by Gasteiger charge is -2.34. The van der Waals surface area contributed by atoms with Crippen molar-refractivity contribution in [2.45, 2.75) is 27.7 Å². The zero-order chi connectivity index (χ0) is 20.3. The molecule has 0 spiro atoms. The van der Waals surface area contributed by atoms with Gasteiger partial charge in [-0.05, 0) is 56.0 Å². The summed E-state index contributed by atoms with van der Waals surface area (Å²) in [7, 11) is 0. The Balaban J connectivity index is 1.55. The van der Waals surface area contributed by atoms with Crippen molar-refractivity contribution < 1.29 is 9.59 Å². The molecule has 0 radical (unpaired) electrons. The third kappa shape index (κ3) is 4.42. The predicted octanol–water partition coefficient (Wildman–Crippen LogP) is 3.32. The molecule has 1 heterocycles. The molecule has 0 atom stereocenters. The third-order valence-electron chi connectivity index (χ3n) is 5.61. The molecular formula is C23H29N3O2. The summed E-state index contributed by atoms with van der Waals surface area (Å²) in [6, 6.07) is 11.9. The maximum absolute atomic E-state index is 12.8. The molecule has 1 fully saturated rings. The number of aryl methyl sites for hydroxylation is 3. The van der Waals surface area contributed by atoms with Crippen LogP contribution in [0.25, 0.3) is 0 Å². The number of carbonyl (C=O) groups is 2. The van der Waals surface area contributed by atoms with Gasteiger partial charge < -0.3 is 10.2 Å². The van der Waals surface area contributed by atoms with Gasteiger partial charge in [-0.3, -0.25) is 14.5 Å². The van der Waals surface area contributed by atoms with E-state index >= 15 is 0 Å². The molecule has 2 aromatic carbocycles. The van der Waals surface area contributed by atoms with E-state index in [0.717, 1.165) is 33.5 Å². The normalized spacial score (nSPS) is 14.8. The van der Waals surface area contributed by atoms with Crippen LogP contribution in [0.4, 0.5) is 5.69 Å². The Bertz CT molecular complexity index is 863. The number of benzene rings is 2. The molecule has 0 bridgehead atoms. The van der Waals surface area contributed by atoms with Gasteiger partial charge in [-0.1, -0.05) is 30.3 Å². The summed E-state index contributed by atoms with van der Waals surface area (Å²) in [4.78, 5) is 29.3. The fourth-order valence-electron chi connectivity index (χ4n) is 3.66. The van der Waals surface area contributed by atoms with Gasteiger partial charge in [0, 0.05) is 37.4 Å². The molecule has 28 heavy (non-hydrogen) atoms. The minimum absolute atomic E-state index is 0.00768. The van der Waals surface area contributed by atoms with E-state index in [1.54, 1.807) is 0 Å². The van der Waals surface area contributed by atoms with Crippen LogP contribution < -0.4 is 5.32 Å². The lowest BCUT2D eigenvalue weighted by Crippen LogP contribution is -2.50. The van der Waals surface area contributed by atoms with E-state index in [0.29, 0.717) is 32.7 Å². The highest BCUT2D eigenvalue weighted by molar-refractivity contribution is 5.96. The fraction of sp³-hybridized carbons (Fsp3) is 0.391. The largest absolute Gasteiger partial charge is 0.336 e. The van der Waals surface area contributed by atoms with Crippen LogP contribution in [-0.2, 0) is 4.79 Å². The summed E-state index contributed by atoms with van der Waals surface area (Å²) >= 11 is 0. The van der Waals surface area contributed by atoms with Crippen molar-refractivity contribution in [3.8, 4) is 0 Å². The highest BCUT2D eigenvalue weighted by Crippen LogP contribution is 2.20. The molecule has 0 aliphatic carbocycles. The average Bonchev–Trinajstić information content (AvgIpc) is 2.67. The van der Waals surface area contributed by atoms with Crippen molar-refractivity contribution in [3.05, 3.63) is 64.2 Å². The van der Waals surface area contributed by atoms with Crippen molar-refractivity contribution in [2.24, 2.45) is 0 Å². The molecular weight excluding hydrogens is 350 g/mol. The standard InChI is InChI=1S/C23H29N3O2/c1-16-7-6-10-20(19(16)4)23(28)26-13-11-25(12-14-26)15-21(27)24-22-17(2)8-5-9-18(22)3/h5-10H,11-15H2,1-4H3,(H,24,27). The quantitative estimate of drug-likeness (QED) is 0.887. The number of amides is 2. The Kier molecular flexibility index (Phi) is 6.15. The van der Waals surface area contributed by atoms with E-state index in [1.165, 1.54) is 0 Å². The maximum atomic E-state index is 12.8. The van der Waals surface area contributed by atoms with Crippen LogP contribution >= 0.6 is 0 Å². The lowest BCUT2D eigenvalue weighted by molar-refractivity contribution is -0.117. The molecule has 5 nitrogen and oxygen atoms in total. The Morgan fingerprint density at radius 1 is 0.857 bits per heavy atom. The van der Waals surface area contributed by atoms with Crippen LogP contribution in [0.15, 0.2) is 36.4 Å². The maximum Gasteiger partial charge on any atom is 0.254 e. The summed E-state index contributed by atoms with van der Waals surface area (Å²) < 4.78 is 0. The highest BCUT2D eigenvalue weighted by Gasteiger charge is 2.24. The number of nitrogens with one attached hydrogen (secondary N) is 1. The first-order valence-electron chi connectivity index (χ1n) is 9.80. The molecule has 1 aliphatic rings. The number of nitrogens with zero attached hydrogens (tertiary/aromatic N) is 2. The van der Waals surface area contributed by atoms with Gasteiger partial charge in [0.05, 0.1) is 6.54 Å². The monoisotopic (exact) mass is 379 g/mol. The van der Waals surface area contributed by atoms with Gasteiger partial charge in [-0.25, -0.2) is 0 Å². The second-order valence-electron chi connectivity index (χ2n) is 7.63. The Morgan fingerprint density at radius 3 is 2.07 bits per heavy atom. The number of carbonyl (C=O) groups excluding carboxylic acids is 2. The first-order chi connectivity index (χ1) is 13.4. The molecule has 1 saturated heterocycles. The van der Waals surface area contributed by atoms with Crippen LogP contribution in [0.3, 0.4) is 0 Å². The second kappa shape index (κ2) is 8.57. The third-order valence-corrected chi connectivity index (χ3v) is 5.61. The van der Waals surface area contributed by atoms with Crippen molar-refractivity contribution in [1.29, 1.82) is 0 Å². The Hall–Kier alpha value is -2.66. The number of rotatable bonds is 4. The van der Waals surface area contributed by atoms with E-state index < -0.39 is 0 Å². The molecule has 2 amide bonds. The van der Waals surface area contributed by atoms with Gasteiger partial charge in [0.2, 0.25) is 5.91 Å². The average molecular weight is 380 g/mol. The molecule has 148 valence electrons. The first-order valence-corrected chi connectivity index (χ1v) is 9.80. The molecule has 3 rings (SSSR count). The summed E-state index contributed by atoms with van der Waals surface area (Å²) in [5.41, 5.74) is 5.99. The summed E-state index contributed by atoms with van der Waals surface area (Å²) in [6.45, 7) is 11.1. The van der Waals surface area contributed by atoms with Crippen LogP contribution in [0.5, 0.6) is 0 Å². The molecule has 0 saturated carbocycles. The van der Waals surface area contributed by atoms with Crippen molar-refractivity contribution >= 4 is 17.5 Å². The van der Waals surface area contributed by atoms with Crippen molar-refractivity contribution in [2.75, 3.05) is 38.0 Å². The van der Waals surface area contributed by atoms with E-state index in [-0.39, 0.29) is 11.8 Å². The van der Waals surface area contributed by atoms with Crippen LogP contribution in [0.1, 0.15) is 32.6 Å². The Morgan fingerprint density at radius 2 is 1.43 bits per heavy atom. The number of anilines is 1. The van der Waals surface area contributed by atoms with Crippen molar-refractivity contribution in [3.63, 3.8) is 0 Å². The fourth-order valence-corrected chi connectivity index (χ4v) is 3.66. The van der Waals surface area contributed by atoms with Gasteiger partial charge in [0.15, 0.2) is 0 Å². The van der Waals surface area contributed by atoms with Gasteiger partial charge in [-0.15, -0.1) is 0 Å². The van der Waals surface area contributed by atoms with E-state index in [2.05, 4.69) is 10.2 Å². The zero-order valence-electron chi connectivity index (χ0n) is 17.2. The van der Waals surface area contributed by atoms with Gasteiger partial charge in [0.25, 0.3) is 5.91 Å². The topological polar surface area (TPSA) is 52.7 Å². The smallest absolute Gasteiger partial charge is 0.254 e. The minimum Gasteiger partial charge on any atom is -0.336 e. The lowest BCUT2D eigenvalue weighted by atomic mass is 10.0. The van der Waals surface area contributed by atoms with Gasteiger partial charge in [-0.2, -0.15) is 0 Å². The SMILES string of the molecule is Cc1cccc(C(=O)N2CCN(CC(=O)Nc3c(C)cccc3C)CC2)c1C. The first kappa shape index (κ1) is 20.1. The van der Waals surface area contributed by atoms with Crippen LogP contribution in [0.2, 0.25) is 0 Å². The van der Waals surface area contributed by atoms with Gasteiger partial charge in [0.1, 0.15) is 0 Å². The summed E-state index contributed by atoms with van der Waals surface area (Å²) in [5, 5.41) is 3.04. The summed E-state index contributed by atoms with van der Waals surface area (Å²) in [6.07, 6.45) is 0. The predicted molar refractivity (Wildman–Crippen MR) is 113 cm³/mol. The van der Waals surface area contributed by atoms with E-state index in [4.69, 9.17) is 0 Å². The molecule has 5 heteroatoms. The zero-order valence-corrected chi connectivity index (χ0v) is 17.2. The van der Waals surface area contributed by atoms with Gasteiger partial charge >= 0.3 is 0 Å². The number of hydrogen-bond acceptors (Lipinski definition) is 3. The molecule has 2 aromatic rings. The van der Waals surface area contributed by atoms with E-state index in [1.807, 2.05) is 69.0 Å². The van der Waals surface area contributed by atoms with Crippen molar-refractivity contribution in [1.82, 2.24) is 9.80 Å². The molecule has 1 N–H and O–H groups in total. The van der Waals surface area contributed by atoms with Crippen LogP contribution in [-0.4, -0.2) is 54.3 Å². The number of piperazine rings is 1. The highest BCUT2D eigenvalue weighted by atomic mass is 16.2. The molecule has 0 unspecified atom stereocenters. The summed E-state index contributed by atoms with van der Waals surface area (Å²) in [5.74, 6) is 0.0764. The second-order valence-corrected chi connectivity index (χ2v) is 7.63. The molecule has 1 aliphatic heterocycles. The number of hydrogen-bond donors (Lipinski definition) is 1. The minimum atomic E-state index is -0.00768. The molecule has 0 aromatic heterocycles. The number of para-hydroxylation sites is 1. The van der Waals surface area contributed by atoms with E-state index in [9.17, 15) is 9.59 Å². The van der Waals surface area contributed by atoms with Crippen LogP contribution in [0, 0.1) is 27.7 Å².